The van der Waals surface area contributed by atoms with Gasteiger partial charge < -0.3 is 10.6 Å². The Hall–Kier alpha value is -1.90. The van der Waals surface area contributed by atoms with Gasteiger partial charge in [-0.1, -0.05) is 0 Å². The summed E-state index contributed by atoms with van der Waals surface area (Å²) < 4.78 is 0. The van der Waals surface area contributed by atoms with Gasteiger partial charge in [-0.3, -0.25) is 16.1 Å². The summed E-state index contributed by atoms with van der Waals surface area (Å²) in [7, 11) is 0. The fourth-order valence-electron chi connectivity index (χ4n) is 3.17. The van der Waals surface area contributed by atoms with E-state index in [-0.39, 0.29) is 5.96 Å². The van der Waals surface area contributed by atoms with Gasteiger partial charge in [0.25, 0.3) is 0 Å². The summed E-state index contributed by atoms with van der Waals surface area (Å²) in [5, 5.41) is 0. The molecule has 1 saturated carbocycles. The first-order valence-electron chi connectivity index (χ1n) is 8.24. The largest absolute Gasteiger partial charge is 0.369 e. The number of aliphatic imine (C=N–C) groups is 1. The molecule has 8 nitrogen and oxygen atoms in total. The number of aromatic nitrogens is 1. The maximum Gasteiger partial charge on any atom is 0.210 e. The SMILES string of the molecule is NC1=NC(N)(c2ccc(N3CCN(CC4CC4)CC3)nc2)NN1. The zero-order valence-corrected chi connectivity index (χ0v) is 13.2. The first-order valence-corrected chi connectivity index (χ1v) is 8.24. The molecule has 1 aromatic heterocycles. The number of anilines is 1. The van der Waals surface area contributed by atoms with E-state index in [0.29, 0.717) is 0 Å². The van der Waals surface area contributed by atoms with Crippen LogP contribution in [0.1, 0.15) is 18.4 Å². The summed E-state index contributed by atoms with van der Waals surface area (Å²) in [4.78, 5) is 13.6. The van der Waals surface area contributed by atoms with Crippen molar-refractivity contribution in [2.75, 3.05) is 37.6 Å². The van der Waals surface area contributed by atoms with Crippen molar-refractivity contribution in [1.82, 2.24) is 20.7 Å². The Morgan fingerprint density at radius 3 is 2.57 bits per heavy atom. The minimum Gasteiger partial charge on any atom is -0.369 e. The van der Waals surface area contributed by atoms with E-state index in [1.54, 1.807) is 6.20 Å². The molecule has 0 radical (unpaired) electrons. The quantitative estimate of drug-likeness (QED) is 0.570. The van der Waals surface area contributed by atoms with Crippen LogP contribution in [-0.2, 0) is 5.79 Å². The van der Waals surface area contributed by atoms with E-state index in [9.17, 15) is 0 Å². The lowest BCUT2D eigenvalue weighted by Crippen LogP contribution is -2.50. The van der Waals surface area contributed by atoms with Gasteiger partial charge in [-0.2, -0.15) is 5.43 Å². The molecule has 3 aliphatic rings. The second kappa shape index (κ2) is 5.63. The highest BCUT2D eigenvalue weighted by atomic mass is 15.6. The third kappa shape index (κ3) is 3.10. The van der Waals surface area contributed by atoms with Crippen molar-refractivity contribution in [3.8, 4) is 0 Å². The molecule has 0 bridgehead atoms. The number of rotatable bonds is 4. The number of guanidine groups is 1. The molecule has 0 amide bonds. The minimum atomic E-state index is -1.04. The van der Waals surface area contributed by atoms with Crippen LogP contribution in [0, 0.1) is 5.92 Å². The van der Waals surface area contributed by atoms with Crippen molar-refractivity contribution in [3.63, 3.8) is 0 Å². The van der Waals surface area contributed by atoms with Crippen molar-refractivity contribution in [3.05, 3.63) is 23.9 Å². The van der Waals surface area contributed by atoms with Crippen LogP contribution < -0.4 is 27.2 Å². The molecule has 124 valence electrons. The lowest BCUT2D eigenvalue weighted by molar-refractivity contribution is 0.247. The minimum absolute atomic E-state index is 0.281. The third-order valence-corrected chi connectivity index (χ3v) is 4.78. The van der Waals surface area contributed by atoms with Gasteiger partial charge >= 0.3 is 0 Å². The number of pyridine rings is 1. The third-order valence-electron chi connectivity index (χ3n) is 4.78. The van der Waals surface area contributed by atoms with Crippen molar-refractivity contribution in [2.24, 2.45) is 22.4 Å². The van der Waals surface area contributed by atoms with Gasteiger partial charge in [-0.15, -0.1) is 0 Å². The zero-order valence-electron chi connectivity index (χ0n) is 13.2. The lowest BCUT2D eigenvalue weighted by Gasteiger charge is -2.35. The van der Waals surface area contributed by atoms with Crippen molar-refractivity contribution >= 4 is 11.8 Å². The Morgan fingerprint density at radius 1 is 1.22 bits per heavy atom. The molecule has 2 aliphatic heterocycles. The zero-order chi connectivity index (χ0) is 15.9. The van der Waals surface area contributed by atoms with Crippen LogP contribution in [0.3, 0.4) is 0 Å². The van der Waals surface area contributed by atoms with Gasteiger partial charge in [-0.25, -0.2) is 9.98 Å². The fourth-order valence-corrected chi connectivity index (χ4v) is 3.17. The van der Waals surface area contributed by atoms with Gasteiger partial charge in [0.1, 0.15) is 5.82 Å². The molecule has 3 heterocycles. The van der Waals surface area contributed by atoms with Gasteiger partial charge in [-0.05, 0) is 30.9 Å². The average Bonchev–Trinajstić information content (AvgIpc) is 3.31. The van der Waals surface area contributed by atoms with Gasteiger partial charge in [0.2, 0.25) is 11.7 Å². The molecular formula is C15H24N8. The molecule has 1 unspecified atom stereocenters. The lowest BCUT2D eigenvalue weighted by atomic mass is 10.1. The highest BCUT2D eigenvalue weighted by molar-refractivity contribution is 5.79. The summed E-state index contributed by atoms with van der Waals surface area (Å²) in [6.45, 7) is 5.56. The average molecular weight is 316 g/mol. The fraction of sp³-hybridized carbons (Fsp3) is 0.600. The normalized spacial score (nSPS) is 28.6. The van der Waals surface area contributed by atoms with E-state index in [2.05, 4.69) is 30.6 Å². The van der Waals surface area contributed by atoms with Crippen LogP contribution >= 0.6 is 0 Å². The topological polar surface area (TPSA) is 108 Å². The molecule has 23 heavy (non-hydrogen) atoms. The molecule has 4 rings (SSSR count). The van der Waals surface area contributed by atoms with Crippen LogP contribution in [0.25, 0.3) is 0 Å². The number of piperazine rings is 1. The molecule has 1 aromatic rings. The highest BCUT2D eigenvalue weighted by Gasteiger charge is 2.32. The standard InChI is InChI=1S/C15H24N8/c16-14-19-15(17,21-20-14)12-3-4-13(18-9-12)23-7-5-22(6-8-23)10-11-1-2-11/h3-4,9,11,21H,1-2,5-8,10,17H2,(H3,16,19,20). The van der Waals surface area contributed by atoms with E-state index in [0.717, 1.165) is 43.5 Å². The van der Waals surface area contributed by atoms with Crippen LogP contribution in [0.5, 0.6) is 0 Å². The van der Waals surface area contributed by atoms with E-state index < -0.39 is 5.79 Å². The van der Waals surface area contributed by atoms with Gasteiger partial charge in [0.15, 0.2) is 0 Å². The number of hydrogen-bond acceptors (Lipinski definition) is 8. The molecule has 1 atom stereocenters. The van der Waals surface area contributed by atoms with Crippen molar-refractivity contribution < 1.29 is 0 Å². The Morgan fingerprint density at radius 2 is 2.00 bits per heavy atom. The summed E-state index contributed by atoms with van der Waals surface area (Å²) in [6.07, 6.45) is 4.60. The first kappa shape index (κ1) is 14.7. The number of nitrogens with two attached hydrogens (primary N) is 2. The Kier molecular flexibility index (Phi) is 3.59. The molecule has 1 saturated heterocycles. The molecule has 2 fully saturated rings. The molecule has 1 aliphatic carbocycles. The number of hydrogen-bond donors (Lipinski definition) is 4. The predicted molar refractivity (Wildman–Crippen MR) is 89.4 cm³/mol. The maximum atomic E-state index is 6.17. The molecular weight excluding hydrogens is 292 g/mol. The van der Waals surface area contributed by atoms with Crippen molar-refractivity contribution in [2.45, 2.75) is 18.6 Å². The Labute approximate surface area is 135 Å². The van der Waals surface area contributed by atoms with Crippen LogP contribution in [0.4, 0.5) is 5.82 Å². The van der Waals surface area contributed by atoms with Crippen LogP contribution in [0.2, 0.25) is 0 Å². The molecule has 6 N–H and O–H groups in total. The van der Waals surface area contributed by atoms with Crippen LogP contribution in [0.15, 0.2) is 23.3 Å². The number of hydrazine groups is 1. The maximum absolute atomic E-state index is 6.17. The van der Waals surface area contributed by atoms with E-state index >= 15 is 0 Å². The van der Waals surface area contributed by atoms with Gasteiger partial charge in [0, 0.05) is 44.5 Å². The summed E-state index contributed by atoms with van der Waals surface area (Å²) in [5.41, 5.74) is 18.1. The van der Waals surface area contributed by atoms with E-state index in [4.69, 9.17) is 11.5 Å². The second-order valence-electron chi connectivity index (χ2n) is 6.65. The van der Waals surface area contributed by atoms with E-state index in [1.165, 1.54) is 19.4 Å². The van der Waals surface area contributed by atoms with E-state index in [1.807, 2.05) is 12.1 Å². The number of nitrogens with one attached hydrogen (secondary N) is 2. The molecule has 0 spiro atoms. The summed E-state index contributed by atoms with van der Waals surface area (Å²) >= 11 is 0. The number of nitrogens with zero attached hydrogens (tertiary/aromatic N) is 4. The smallest absolute Gasteiger partial charge is 0.210 e. The molecule has 0 aromatic carbocycles. The van der Waals surface area contributed by atoms with Crippen LogP contribution in [-0.4, -0.2) is 48.6 Å². The Balaban J connectivity index is 1.39. The predicted octanol–water partition coefficient (Wildman–Crippen LogP) is -0.895. The monoisotopic (exact) mass is 316 g/mol. The first-order chi connectivity index (χ1) is 11.1. The summed E-state index contributed by atoms with van der Waals surface area (Å²) in [6, 6.07) is 3.96. The summed E-state index contributed by atoms with van der Waals surface area (Å²) in [5.74, 6) is 1.19. The van der Waals surface area contributed by atoms with Crippen molar-refractivity contribution in [1.29, 1.82) is 0 Å². The highest BCUT2D eigenvalue weighted by Crippen LogP contribution is 2.30. The van der Waals surface area contributed by atoms with Gasteiger partial charge in [0.05, 0.1) is 0 Å². The Bertz CT molecular complexity index is 588. The second-order valence-corrected chi connectivity index (χ2v) is 6.65. The molecule has 8 heteroatoms.